The van der Waals surface area contributed by atoms with Gasteiger partial charge >= 0.3 is 0 Å². The van der Waals surface area contributed by atoms with Gasteiger partial charge in [-0.1, -0.05) is 186 Å². The molecule has 0 aromatic heterocycles. The van der Waals surface area contributed by atoms with Gasteiger partial charge in [0.2, 0.25) is 0 Å². The molecule has 3 aliphatic rings. The summed E-state index contributed by atoms with van der Waals surface area (Å²) in [5.41, 5.74) is 16.6. The van der Waals surface area contributed by atoms with Crippen LogP contribution in [0.2, 0.25) is 0 Å². The van der Waals surface area contributed by atoms with Crippen LogP contribution in [0.1, 0.15) is 139 Å². The van der Waals surface area contributed by atoms with Gasteiger partial charge in [-0.25, -0.2) is 0 Å². The fourth-order valence-electron chi connectivity index (χ4n) is 10.2. The van der Waals surface area contributed by atoms with Crippen molar-refractivity contribution in [2.75, 3.05) is 9.80 Å². The van der Waals surface area contributed by atoms with E-state index in [1.165, 1.54) is 146 Å². The summed E-state index contributed by atoms with van der Waals surface area (Å²) >= 11 is 0. The summed E-state index contributed by atoms with van der Waals surface area (Å²) in [6.45, 7) is 13.5. The molecule has 1 fully saturated rings. The average molecular weight is 785 g/mol. The first-order chi connectivity index (χ1) is 28.8. The first kappa shape index (κ1) is 42.6. The van der Waals surface area contributed by atoms with Gasteiger partial charge in [0.15, 0.2) is 0 Å². The molecular formula is C57H72N2. The number of allylic oxidation sites excluding steroid dienone is 4. The van der Waals surface area contributed by atoms with E-state index in [1.807, 2.05) is 0 Å². The summed E-state index contributed by atoms with van der Waals surface area (Å²) in [7, 11) is 0. The summed E-state index contributed by atoms with van der Waals surface area (Å²) in [4.78, 5) is 5.26. The van der Waals surface area contributed by atoms with Crippen LogP contribution >= 0.6 is 0 Å². The highest BCUT2D eigenvalue weighted by atomic mass is 15.2. The topological polar surface area (TPSA) is 6.48 Å². The quantitative estimate of drug-likeness (QED) is 0.0824. The Hall–Kier alpha value is -4.56. The monoisotopic (exact) mass is 785 g/mol. The van der Waals surface area contributed by atoms with Gasteiger partial charge in [-0.05, 0) is 124 Å². The maximum Gasteiger partial charge on any atom is 0.0563 e. The van der Waals surface area contributed by atoms with Crippen LogP contribution in [0.15, 0.2) is 144 Å². The molecule has 3 aliphatic carbocycles. The van der Waals surface area contributed by atoms with Crippen molar-refractivity contribution in [3.8, 4) is 0 Å². The highest BCUT2D eigenvalue weighted by Gasteiger charge is 2.49. The molecule has 0 N–H and O–H groups in total. The van der Waals surface area contributed by atoms with E-state index < -0.39 is 0 Å². The van der Waals surface area contributed by atoms with Crippen LogP contribution in [-0.2, 0) is 0 Å². The molecule has 2 nitrogen and oxygen atoms in total. The Bertz CT molecular complexity index is 1830. The molecule has 2 atom stereocenters. The predicted octanol–water partition coefficient (Wildman–Crippen LogP) is 16.6. The van der Waals surface area contributed by atoms with Crippen LogP contribution in [0.4, 0.5) is 22.7 Å². The van der Waals surface area contributed by atoms with Gasteiger partial charge < -0.3 is 9.80 Å². The van der Waals surface area contributed by atoms with Crippen molar-refractivity contribution >= 4 is 22.7 Å². The van der Waals surface area contributed by atoms with Gasteiger partial charge in [-0.2, -0.15) is 0 Å². The Labute approximate surface area is 358 Å². The van der Waals surface area contributed by atoms with E-state index >= 15 is 0 Å². The molecule has 4 aromatic rings. The number of rotatable bonds is 20. The number of anilines is 4. The van der Waals surface area contributed by atoms with E-state index in [2.05, 4.69) is 173 Å². The summed E-state index contributed by atoms with van der Waals surface area (Å²) < 4.78 is 0. The van der Waals surface area contributed by atoms with Crippen LogP contribution in [0.5, 0.6) is 0 Å². The summed E-state index contributed by atoms with van der Waals surface area (Å²) in [5, 5.41) is 0. The molecule has 0 saturated heterocycles. The second kappa shape index (κ2) is 20.1. The highest BCUT2D eigenvalue weighted by molar-refractivity contribution is 5.76. The Morgan fingerprint density at radius 2 is 0.695 bits per heavy atom. The zero-order valence-electron chi connectivity index (χ0n) is 37.4. The maximum atomic E-state index is 2.76. The Kier molecular flexibility index (Phi) is 14.5. The van der Waals surface area contributed by atoms with Crippen molar-refractivity contribution in [3.63, 3.8) is 0 Å². The number of unbranched alkanes of at least 4 members (excludes halogenated alkanes) is 10. The second-order valence-corrected chi connectivity index (χ2v) is 18.2. The van der Waals surface area contributed by atoms with Crippen molar-refractivity contribution in [2.24, 2.45) is 5.41 Å². The normalized spacial score (nSPS) is 18.0. The van der Waals surface area contributed by atoms with Crippen molar-refractivity contribution in [1.29, 1.82) is 0 Å². The van der Waals surface area contributed by atoms with Gasteiger partial charge in [-0.15, -0.1) is 0 Å². The van der Waals surface area contributed by atoms with E-state index in [4.69, 9.17) is 0 Å². The van der Waals surface area contributed by atoms with Crippen LogP contribution in [0.3, 0.4) is 0 Å². The number of benzene rings is 4. The van der Waals surface area contributed by atoms with Crippen molar-refractivity contribution in [3.05, 3.63) is 166 Å². The number of hydrogen-bond acceptors (Lipinski definition) is 2. The standard InChI is InChI=1S/C57H72N2/c1-7-9-11-13-15-17-39-57(40-18-16-14-12-10-8-2)55-41-51(58(47-27-19-43(3)20-28-47)48-29-21-44(4)22-30-48)35-37-53(55)54-38-36-52(42-56(54)57)59(49-31-23-45(5)24-32-49)50-33-25-46(6)26-34-50/h19-34,37-38,41-42,51-52H,7-18,35-36,39-40H2,1-6H3. The Balaban J connectivity index is 1.35. The summed E-state index contributed by atoms with van der Waals surface area (Å²) in [6, 6.07) is 37.4. The molecular weight excluding hydrogens is 713 g/mol. The fourth-order valence-corrected chi connectivity index (χ4v) is 10.2. The van der Waals surface area contributed by atoms with Crippen LogP contribution in [-0.4, -0.2) is 12.1 Å². The van der Waals surface area contributed by atoms with Crippen LogP contribution in [0.25, 0.3) is 0 Å². The minimum Gasteiger partial charge on any atom is -0.334 e. The molecule has 0 bridgehead atoms. The average Bonchev–Trinajstić information content (AvgIpc) is 3.51. The first-order valence-electron chi connectivity index (χ1n) is 23.5. The number of nitrogens with zero attached hydrogens (tertiary/aromatic N) is 2. The lowest BCUT2D eigenvalue weighted by Crippen LogP contribution is -2.34. The van der Waals surface area contributed by atoms with E-state index in [0.29, 0.717) is 0 Å². The van der Waals surface area contributed by atoms with Crippen molar-refractivity contribution in [1.82, 2.24) is 0 Å². The highest BCUT2D eigenvalue weighted by Crippen LogP contribution is 2.62. The van der Waals surface area contributed by atoms with Crippen molar-refractivity contribution < 1.29 is 0 Å². The van der Waals surface area contributed by atoms with E-state index in [1.54, 1.807) is 11.1 Å². The molecule has 1 saturated carbocycles. The molecule has 0 aliphatic heterocycles. The Morgan fingerprint density at radius 1 is 0.407 bits per heavy atom. The summed E-state index contributed by atoms with van der Waals surface area (Å²) in [6.07, 6.45) is 31.2. The molecule has 0 radical (unpaired) electrons. The molecule has 2 heteroatoms. The second-order valence-electron chi connectivity index (χ2n) is 18.2. The fraction of sp³-hybridized carbons (Fsp3) is 0.439. The lowest BCUT2D eigenvalue weighted by molar-refractivity contribution is 0.346. The third kappa shape index (κ3) is 9.91. The minimum atomic E-state index is 0.00294. The predicted molar refractivity (Wildman–Crippen MR) is 257 cm³/mol. The minimum absolute atomic E-state index is 0.00294. The molecule has 0 amide bonds. The van der Waals surface area contributed by atoms with Gasteiger partial charge in [0, 0.05) is 28.2 Å². The van der Waals surface area contributed by atoms with Gasteiger partial charge in [0.25, 0.3) is 0 Å². The largest absolute Gasteiger partial charge is 0.334 e. The van der Waals surface area contributed by atoms with Crippen LogP contribution < -0.4 is 9.80 Å². The molecule has 59 heavy (non-hydrogen) atoms. The van der Waals surface area contributed by atoms with Gasteiger partial charge in [0.1, 0.15) is 0 Å². The third-order valence-electron chi connectivity index (χ3n) is 13.6. The lowest BCUT2D eigenvalue weighted by atomic mass is 9.68. The zero-order valence-corrected chi connectivity index (χ0v) is 37.4. The molecule has 0 heterocycles. The number of hydrogen-bond donors (Lipinski definition) is 0. The zero-order chi connectivity index (χ0) is 41.2. The molecule has 0 spiro atoms. The Morgan fingerprint density at radius 3 is 1.00 bits per heavy atom. The molecule has 4 aromatic carbocycles. The van der Waals surface area contributed by atoms with Crippen LogP contribution in [0, 0.1) is 33.1 Å². The van der Waals surface area contributed by atoms with E-state index in [9.17, 15) is 0 Å². The van der Waals surface area contributed by atoms with Crippen molar-refractivity contribution in [2.45, 2.75) is 156 Å². The third-order valence-corrected chi connectivity index (χ3v) is 13.6. The maximum absolute atomic E-state index is 2.76. The van der Waals surface area contributed by atoms with Gasteiger partial charge in [0.05, 0.1) is 12.1 Å². The SMILES string of the molecule is CCCCCCCCC1(CCCCCCCC)C2=CC(N(c3ccc(C)cc3)c3ccc(C)cc3)CC=C2C2=CCC(N(c3ccc(C)cc3)c3ccc(C)cc3)C=C21. The molecule has 310 valence electrons. The van der Waals surface area contributed by atoms with E-state index in [-0.39, 0.29) is 17.5 Å². The number of fused-ring (bicyclic) bond motifs is 3. The first-order valence-corrected chi connectivity index (χ1v) is 23.5. The molecule has 2 unspecified atom stereocenters. The lowest BCUT2D eigenvalue weighted by Gasteiger charge is -2.39. The number of aryl methyl sites for hydroxylation is 4. The molecule has 7 rings (SSSR count). The van der Waals surface area contributed by atoms with Gasteiger partial charge in [-0.3, -0.25) is 0 Å². The smallest absolute Gasteiger partial charge is 0.0563 e. The van der Waals surface area contributed by atoms with E-state index in [0.717, 1.165) is 12.8 Å². The summed E-state index contributed by atoms with van der Waals surface area (Å²) in [5.74, 6) is 0.